The summed E-state index contributed by atoms with van der Waals surface area (Å²) in [6.45, 7) is 4.91. The summed E-state index contributed by atoms with van der Waals surface area (Å²) in [5.41, 5.74) is 5.22. The van der Waals surface area contributed by atoms with E-state index in [1.807, 2.05) is 85.8 Å². The summed E-state index contributed by atoms with van der Waals surface area (Å²) >= 11 is 0. The molecule has 1 saturated heterocycles. The Bertz CT molecular complexity index is 1380. The maximum atomic E-state index is 14.1. The summed E-state index contributed by atoms with van der Waals surface area (Å²) < 4.78 is 5.42. The van der Waals surface area contributed by atoms with Crippen molar-refractivity contribution in [1.82, 2.24) is 10.2 Å². The summed E-state index contributed by atoms with van der Waals surface area (Å²) in [6, 6.07) is 24.1. The summed E-state index contributed by atoms with van der Waals surface area (Å²) in [4.78, 5) is 55.3. The van der Waals surface area contributed by atoms with E-state index < -0.39 is 42.3 Å². The van der Waals surface area contributed by atoms with Crippen molar-refractivity contribution in [3.63, 3.8) is 0 Å². The van der Waals surface area contributed by atoms with Crippen molar-refractivity contribution in [1.29, 1.82) is 0 Å². The van der Waals surface area contributed by atoms with E-state index in [-0.39, 0.29) is 29.7 Å². The predicted octanol–water partition coefficient (Wildman–Crippen LogP) is 4.32. The molecule has 1 N–H and O–H groups in total. The molecule has 1 aliphatic heterocycles. The van der Waals surface area contributed by atoms with E-state index in [0.29, 0.717) is 0 Å². The highest BCUT2D eigenvalue weighted by molar-refractivity contribution is 6.10. The van der Waals surface area contributed by atoms with Gasteiger partial charge in [-0.2, -0.15) is 0 Å². The topological polar surface area (TPSA) is 92.8 Å². The maximum absolute atomic E-state index is 14.1. The number of ether oxygens (including phenoxy) is 1. The van der Waals surface area contributed by atoms with E-state index in [0.717, 1.165) is 32.7 Å². The van der Waals surface area contributed by atoms with Crippen LogP contribution in [0, 0.1) is 17.8 Å². The molecule has 7 nitrogen and oxygen atoms in total. The number of rotatable bonds is 7. The molecular weight excluding hydrogens is 504 g/mol. The molecule has 2 bridgehead atoms. The van der Waals surface area contributed by atoms with Crippen molar-refractivity contribution in [2.75, 3.05) is 6.61 Å². The van der Waals surface area contributed by atoms with Crippen LogP contribution in [0.5, 0.6) is 0 Å². The van der Waals surface area contributed by atoms with Gasteiger partial charge in [-0.3, -0.25) is 19.3 Å². The van der Waals surface area contributed by atoms with Crippen LogP contribution < -0.4 is 5.32 Å². The van der Waals surface area contributed by atoms with Gasteiger partial charge in [0, 0.05) is 11.8 Å². The fourth-order valence-electron chi connectivity index (χ4n) is 6.98. The molecule has 0 saturated carbocycles. The zero-order chi connectivity index (χ0) is 28.1. The molecule has 204 valence electrons. The Morgan fingerprint density at radius 3 is 1.65 bits per heavy atom. The van der Waals surface area contributed by atoms with E-state index in [1.165, 1.54) is 0 Å². The highest BCUT2D eigenvalue weighted by Crippen LogP contribution is 2.61. The molecule has 3 aromatic rings. The number of hydrogen-bond acceptors (Lipinski definition) is 5. The number of benzene rings is 3. The molecule has 7 rings (SSSR count). The van der Waals surface area contributed by atoms with Crippen LogP contribution in [0.4, 0.5) is 0 Å². The van der Waals surface area contributed by atoms with Crippen molar-refractivity contribution in [3.8, 4) is 0 Å². The first-order valence-electron chi connectivity index (χ1n) is 13.8. The second-order valence-electron chi connectivity index (χ2n) is 11.3. The third kappa shape index (κ3) is 4.03. The zero-order valence-electron chi connectivity index (χ0n) is 22.7. The highest BCUT2D eigenvalue weighted by atomic mass is 16.5. The van der Waals surface area contributed by atoms with Gasteiger partial charge in [0.2, 0.25) is 11.8 Å². The Balaban J connectivity index is 1.24. The number of likely N-dealkylation sites (tertiary alicyclic amines) is 1. The van der Waals surface area contributed by atoms with Crippen molar-refractivity contribution >= 4 is 23.7 Å². The Labute approximate surface area is 233 Å². The SMILES string of the molecule is CC(C)[C@@H](C(=O)OCC(=O)N[C@@H](C)c1ccccc1)N1C(=O)[C@@H]2C3c4ccccc4C(c4ccccc43)[C@@H]2C1=O. The number of hydrogen-bond donors (Lipinski definition) is 1. The largest absolute Gasteiger partial charge is 0.454 e. The molecular formula is C33H32N2O5. The third-order valence-electron chi connectivity index (χ3n) is 8.66. The van der Waals surface area contributed by atoms with E-state index in [2.05, 4.69) is 5.32 Å². The highest BCUT2D eigenvalue weighted by Gasteiger charge is 2.63. The average Bonchev–Trinajstić information content (AvgIpc) is 3.22. The first kappa shape index (κ1) is 26.0. The minimum atomic E-state index is -1.12. The van der Waals surface area contributed by atoms with Gasteiger partial charge in [0.15, 0.2) is 6.61 Å². The number of amides is 3. The van der Waals surface area contributed by atoms with Crippen LogP contribution in [-0.2, 0) is 23.9 Å². The first-order chi connectivity index (χ1) is 19.3. The summed E-state index contributed by atoms with van der Waals surface area (Å²) in [7, 11) is 0. The van der Waals surface area contributed by atoms with E-state index in [1.54, 1.807) is 13.8 Å². The fraction of sp³-hybridized carbons (Fsp3) is 0.333. The summed E-state index contributed by atoms with van der Waals surface area (Å²) in [6.07, 6.45) is 0. The number of nitrogens with zero attached hydrogens (tertiary/aromatic N) is 1. The van der Waals surface area contributed by atoms with Gasteiger partial charge in [0.05, 0.1) is 17.9 Å². The molecule has 7 heteroatoms. The van der Waals surface area contributed by atoms with Gasteiger partial charge in [0.25, 0.3) is 5.91 Å². The van der Waals surface area contributed by atoms with Crippen LogP contribution in [-0.4, -0.2) is 41.2 Å². The molecule has 0 aromatic heterocycles. The lowest BCUT2D eigenvalue weighted by Crippen LogP contribution is -2.50. The Kier molecular flexibility index (Phi) is 6.53. The normalized spacial score (nSPS) is 23.8. The van der Waals surface area contributed by atoms with Crippen molar-refractivity contribution < 1.29 is 23.9 Å². The molecule has 0 spiro atoms. The first-order valence-corrected chi connectivity index (χ1v) is 13.8. The minimum Gasteiger partial charge on any atom is -0.454 e. The van der Waals surface area contributed by atoms with E-state index >= 15 is 0 Å². The lowest BCUT2D eigenvalue weighted by atomic mass is 9.55. The lowest BCUT2D eigenvalue weighted by molar-refractivity contribution is -0.162. The van der Waals surface area contributed by atoms with Crippen molar-refractivity contribution in [2.45, 2.75) is 44.7 Å². The number of carbonyl (C=O) groups excluding carboxylic acids is 4. The number of imide groups is 1. The second kappa shape index (κ2) is 10.0. The quantitative estimate of drug-likeness (QED) is 0.359. The Morgan fingerprint density at radius 1 is 0.750 bits per heavy atom. The summed E-state index contributed by atoms with van der Waals surface area (Å²) in [5.74, 6) is -3.94. The Hall–Kier alpha value is -4.26. The van der Waals surface area contributed by atoms with Gasteiger partial charge in [-0.15, -0.1) is 0 Å². The third-order valence-corrected chi connectivity index (χ3v) is 8.66. The van der Waals surface area contributed by atoms with E-state index in [4.69, 9.17) is 4.74 Å². The van der Waals surface area contributed by atoms with Gasteiger partial charge >= 0.3 is 5.97 Å². The number of nitrogens with one attached hydrogen (secondary N) is 1. The molecule has 40 heavy (non-hydrogen) atoms. The molecule has 1 fully saturated rings. The molecule has 0 radical (unpaired) electrons. The zero-order valence-corrected chi connectivity index (χ0v) is 22.7. The van der Waals surface area contributed by atoms with Gasteiger partial charge in [-0.1, -0.05) is 92.7 Å². The van der Waals surface area contributed by atoms with Crippen LogP contribution in [0.2, 0.25) is 0 Å². The van der Waals surface area contributed by atoms with Crippen LogP contribution in [0.1, 0.15) is 66.5 Å². The van der Waals surface area contributed by atoms with Gasteiger partial charge < -0.3 is 10.1 Å². The van der Waals surface area contributed by atoms with Gasteiger partial charge in [-0.25, -0.2) is 4.79 Å². The van der Waals surface area contributed by atoms with Crippen molar-refractivity contribution in [3.05, 3.63) is 107 Å². The molecule has 1 heterocycles. The predicted molar refractivity (Wildman–Crippen MR) is 148 cm³/mol. The van der Waals surface area contributed by atoms with Crippen molar-refractivity contribution in [2.24, 2.45) is 17.8 Å². The van der Waals surface area contributed by atoms with E-state index in [9.17, 15) is 19.2 Å². The van der Waals surface area contributed by atoms with Crippen LogP contribution >= 0.6 is 0 Å². The van der Waals surface area contributed by atoms with Crippen LogP contribution in [0.15, 0.2) is 78.9 Å². The summed E-state index contributed by atoms with van der Waals surface area (Å²) in [5, 5.41) is 2.82. The van der Waals surface area contributed by atoms with Gasteiger partial charge in [0.1, 0.15) is 6.04 Å². The number of esters is 1. The lowest BCUT2D eigenvalue weighted by Gasteiger charge is -2.45. The van der Waals surface area contributed by atoms with Crippen LogP contribution in [0.3, 0.4) is 0 Å². The molecule has 0 unspecified atom stereocenters. The monoisotopic (exact) mass is 536 g/mol. The smallest absolute Gasteiger partial charge is 0.330 e. The second-order valence-corrected chi connectivity index (χ2v) is 11.3. The Morgan fingerprint density at radius 2 is 1.20 bits per heavy atom. The standard InChI is InChI=1S/C33H32N2O5/c1-18(2)30(33(39)40-17-25(36)34-19(3)20-11-5-4-6-12-20)35-31(37)28-26-21-13-7-8-14-22(21)27(29(28)32(35)38)24-16-10-9-15-23(24)26/h4-16,18-19,26-30H,17H2,1-3H3,(H,34,36)/t19-,26?,27?,28-,29+,30-/m0/s1. The van der Waals surface area contributed by atoms with Gasteiger partial charge in [-0.05, 0) is 40.7 Å². The minimum absolute atomic E-state index is 0.252. The van der Waals surface area contributed by atoms with Crippen LogP contribution in [0.25, 0.3) is 0 Å². The fourth-order valence-corrected chi connectivity index (χ4v) is 6.98. The maximum Gasteiger partial charge on any atom is 0.330 e. The molecule has 4 atom stereocenters. The molecule has 3 aromatic carbocycles. The molecule has 4 aliphatic rings. The number of carbonyl (C=O) groups is 4. The molecule has 3 aliphatic carbocycles. The average molecular weight is 537 g/mol. The molecule has 3 amide bonds.